The van der Waals surface area contributed by atoms with E-state index >= 15 is 0 Å². The van der Waals surface area contributed by atoms with E-state index in [1.165, 1.54) is 32.4 Å². The maximum atomic E-state index is 2.58. The van der Waals surface area contributed by atoms with Gasteiger partial charge in [0.2, 0.25) is 0 Å². The molecule has 1 saturated heterocycles. The zero-order valence-corrected chi connectivity index (χ0v) is 13.1. The Hall–Kier alpha value is -0.0400. The third kappa shape index (κ3) is 12.0. The number of likely N-dealkylation sites (tertiary alicyclic amines) is 1. The standard InChI is InChI=1S/C9H19N.C4H10.C2H6/c1-9(2,3)10-7-5-4-6-8-10;1-4(2)3;1-2/h4-8H2,1-3H3;4H,1-3H3;1-2H3. The van der Waals surface area contributed by atoms with Gasteiger partial charge in [0.25, 0.3) is 0 Å². The van der Waals surface area contributed by atoms with Crippen LogP contribution in [0.4, 0.5) is 0 Å². The van der Waals surface area contributed by atoms with Crippen LogP contribution < -0.4 is 0 Å². The smallest absolute Gasteiger partial charge is 0.0125 e. The number of hydrogen-bond donors (Lipinski definition) is 0. The zero-order chi connectivity index (χ0) is 13.2. The lowest BCUT2D eigenvalue weighted by Gasteiger charge is -2.38. The molecule has 0 aliphatic carbocycles. The van der Waals surface area contributed by atoms with Gasteiger partial charge in [-0.3, -0.25) is 4.90 Å². The second-order valence-corrected chi connectivity index (χ2v) is 5.95. The maximum absolute atomic E-state index is 2.58. The Bertz CT molecular complexity index is 124. The summed E-state index contributed by atoms with van der Waals surface area (Å²) in [4.78, 5) is 2.58. The molecule has 0 saturated carbocycles. The van der Waals surface area contributed by atoms with Gasteiger partial charge in [-0.25, -0.2) is 0 Å². The Morgan fingerprint density at radius 3 is 1.31 bits per heavy atom. The van der Waals surface area contributed by atoms with Gasteiger partial charge < -0.3 is 0 Å². The van der Waals surface area contributed by atoms with Crippen LogP contribution in [0.5, 0.6) is 0 Å². The molecule has 16 heavy (non-hydrogen) atoms. The minimum absolute atomic E-state index is 0.403. The predicted octanol–water partition coefficient (Wildman–Crippen LogP) is 4.96. The molecule has 1 heteroatoms. The van der Waals surface area contributed by atoms with Gasteiger partial charge in [-0.15, -0.1) is 0 Å². The molecular formula is C15H35N. The van der Waals surface area contributed by atoms with Crippen molar-refractivity contribution in [3.63, 3.8) is 0 Å². The van der Waals surface area contributed by atoms with Gasteiger partial charge in [0.15, 0.2) is 0 Å². The van der Waals surface area contributed by atoms with Crippen LogP contribution in [0.1, 0.15) is 74.7 Å². The highest BCUT2D eigenvalue weighted by molar-refractivity contribution is 4.78. The molecule has 0 aromatic heterocycles. The average Bonchev–Trinajstić information content (AvgIpc) is 2.20. The molecule has 1 aliphatic heterocycles. The summed E-state index contributed by atoms with van der Waals surface area (Å²) in [5.41, 5.74) is 0.403. The molecule has 0 aromatic rings. The number of nitrogens with zero attached hydrogens (tertiary/aromatic N) is 1. The quantitative estimate of drug-likeness (QED) is 0.567. The van der Waals surface area contributed by atoms with Crippen molar-refractivity contribution in [3.8, 4) is 0 Å². The van der Waals surface area contributed by atoms with E-state index in [0.29, 0.717) is 5.54 Å². The highest BCUT2D eigenvalue weighted by atomic mass is 15.2. The minimum Gasteiger partial charge on any atom is -0.298 e. The lowest BCUT2D eigenvalue weighted by molar-refractivity contribution is 0.111. The van der Waals surface area contributed by atoms with Gasteiger partial charge >= 0.3 is 0 Å². The summed E-state index contributed by atoms with van der Waals surface area (Å²) in [6.45, 7) is 20.0. The van der Waals surface area contributed by atoms with Crippen molar-refractivity contribution >= 4 is 0 Å². The molecule has 100 valence electrons. The van der Waals surface area contributed by atoms with E-state index in [1.54, 1.807) is 0 Å². The fraction of sp³-hybridized carbons (Fsp3) is 1.00. The molecule has 0 unspecified atom stereocenters. The Morgan fingerprint density at radius 1 is 0.812 bits per heavy atom. The molecule has 0 radical (unpaired) electrons. The van der Waals surface area contributed by atoms with E-state index in [1.807, 2.05) is 13.8 Å². The molecule has 1 heterocycles. The molecule has 0 amide bonds. The molecule has 0 aromatic carbocycles. The van der Waals surface area contributed by atoms with Gasteiger partial charge in [-0.1, -0.05) is 41.0 Å². The van der Waals surface area contributed by atoms with E-state index in [2.05, 4.69) is 46.4 Å². The maximum Gasteiger partial charge on any atom is 0.0125 e. The highest BCUT2D eigenvalue weighted by Gasteiger charge is 2.21. The first kappa shape index (κ1) is 18.3. The summed E-state index contributed by atoms with van der Waals surface area (Å²) in [5.74, 6) is 0.833. The van der Waals surface area contributed by atoms with Crippen LogP contribution in [-0.4, -0.2) is 23.5 Å². The van der Waals surface area contributed by atoms with E-state index in [4.69, 9.17) is 0 Å². The molecule has 0 spiro atoms. The summed E-state index contributed by atoms with van der Waals surface area (Å²) in [7, 11) is 0. The molecule has 1 nitrogen and oxygen atoms in total. The predicted molar refractivity (Wildman–Crippen MR) is 77.0 cm³/mol. The first-order chi connectivity index (χ1) is 7.34. The third-order valence-electron chi connectivity index (χ3n) is 2.30. The number of rotatable bonds is 0. The summed E-state index contributed by atoms with van der Waals surface area (Å²) in [6.07, 6.45) is 4.24. The molecule has 0 N–H and O–H groups in total. The van der Waals surface area contributed by atoms with Crippen molar-refractivity contribution in [2.45, 2.75) is 80.2 Å². The van der Waals surface area contributed by atoms with E-state index in [9.17, 15) is 0 Å². The topological polar surface area (TPSA) is 3.24 Å². The van der Waals surface area contributed by atoms with Crippen molar-refractivity contribution in [1.29, 1.82) is 0 Å². The lowest BCUT2D eigenvalue weighted by atomic mass is 10.0. The number of piperidine rings is 1. The van der Waals surface area contributed by atoms with Crippen molar-refractivity contribution in [3.05, 3.63) is 0 Å². The first-order valence-corrected chi connectivity index (χ1v) is 7.09. The van der Waals surface area contributed by atoms with Crippen LogP contribution in [0.15, 0.2) is 0 Å². The molecule has 0 bridgehead atoms. The summed E-state index contributed by atoms with van der Waals surface area (Å²) >= 11 is 0. The Kier molecular flexibility index (Phi) is 11.6. The van der Waals surface area contributed by atoms with E-state index in [0.717, 1.165) is 5.92 Å². The van der Waals surface area contributed by atoms with Gasteiger partial charge in [0, 0.05) is 5.54 Å². The number of hydrogen-bond acceptors (Lipinski definition) is 1. The van der Waals surface area contributed by atoms with Gasteiger partial charge in [0.05, 0.1) is 0 Å². The Morgan fingerprint density at radius 2 is 1.12 bits per heavy atom. The lowest BCUT2D eigenvalue weighted by Crippen LogP contribution is -2.44. The van der Waals surface area contributed by atoms with Crippen LogP contribution in [0, 0.1) is 5.92 Å². The summed E-state index contributed by atoms with van der Waals surface area (Å²) < 4.78 is 0. The van der Waals surface area contributed by atoms with Gasteiger partial charge in [-0.05, 0) is 52.6 Å². The van der Waals surface area contributed by atoms with Crippen molar-refractivity contribution < 1.29 is 0 Å². The molecular weight excluding hydrogens is 194 g/mol. The van der Waals surface area contributed by atoms with Gasteiger partial charge in [-0.2, -0.15) is 0 Å². The zero-order valence-electron chi connectivity index (χ0n) is 13.1. The average molecular weight is 229 g/mol. The third-order valence-corrected chi connectivity index (χ3v) is 2.30. The first-order valence-electron chi connectivity index (χ1n) is 7.09. The van der Waals surface area contributed by atoms with Crippen LogP contribution in [-0.2, 0) is 0 Å². The van der Waals surface area contributed by atoms with E-state index < -0.39 is 0 Å². The van der Waals surface area contributed by atoms with Crippen molar-refractivity contribution in [2.75, 3.05) is 13.1 Å². The second-order valence-electron chi connectivity index (χ2n) is 5.95. The van der Waals surface area contributed by atoms with E-state index in [-0.39, 0.29) is 0 Å². The van der Waals surface area contributed by atoms with Crippen LogP contribution >= 0.6 is 0 Å². The molecule has 1 fully saturated rings. The van der Waals surface area contributed by atoms with Crippen molar-refractivity contribution in [1.82, 2.24) is 4.90 Å². The summed E-state index contributed by atoms with van der Waals surface area (Å²) in [6, 6.07) is 0. The molecule has 1 aliphatic rings. The highest BCUT2D eigenvalue weighted by Crippen LogP contribution is 2.18. The monoisotopic (exact) mass is 229 g/mol. The fourth-order valence-corrected chi connectivity index (χ4v) is 1.56. The minimum atomic E-state index is 0.403. The summed E-state index contributed by atoms with van der Waals surface area (Å²) in [5, 5.41) is 0. The fourth-order valence-electron chi connectivity index (χ4n) is 1.56. The Labute approximate surface area is 105 Å². The molecule has 1 rings (SSSR count). The SMILES string of the molecule is CC.CC(C)(C)N1CCCCC1.CC(C)C. The normalized spacial score (nSPS) is 17.1. The van der Waals surface area contributed by atoms with Crippen LogP contribution in [0.2, 0.25) is 0 Å². The Balaban J connectivity index is 0. The van der Waals surface area contributed by atoms with Crippen molar-refractivity contribution in [2.24, 2.45) is 5.92 Å². The van der Waals surface area contributed by atoms with Crippen LogP contribution in [0.3, 0.4) is 0 Å². The second kappa shape index (κ2) is 10.1. The van der Waals surface area contributed by atoms with Gasteiger partial charge in [0.1, 0.15) is 0 Å². The van der Waals surface area contributed by atoms with Crippen LogP contribution in [0.25, 0.3) is 0 Å². The molecule has 0 atom stereocenters. The largest absolute Gasteiger partial charge is 0.298 e.